The Morgan fingerprint density at radius 3 is 2.17 bits per heavy atom. The molecule has 154 valence electrons. The molecule has 0 spiro atoms. The fourth-order valence-corrected chi connectivity index (χ4v) is 3.03. The summed E-state index contributed by atoms with van der Waals surface area (Å²) < 4.78 is 5.12. The van der Waals surface area contributed by atoms with E-state index in [1.165, 1.54) is 0 Å². The van der Waals surface area contributed by atoms with Gasteiger partial charge in [0.05, 0.1) is 13.2 Å². The molecule has 0 heterocycles. The van der Waals surface area contributed by atoms with Crippen LogP contribution in [0.3, 0.4) is 0 Å². The number of hydrogen-bond donors (Lipinski definition) is 3. The number of imide groups is 1. The lowest BCUT2D eigenvalue weighted by molar-refractivity contribution is 0.0964. The molecule has 6 nitrogen and oxygen atoms in total. The Hall–Kier alpha value is -3.64. The van der Waals surface area contributed by atoms with Crippen LogP contribution < -0.4 is 21.1 Å². The number of ether oxygens (including phenoxy) is 1. The Labute approximate surface area is 176 Å². The van der Waals surface area contributed by atoms with E-state index in [0.717, 1.165) is 22.4 Å². The van der Waals surface area contributed by atoms with Crippen LogP contribution >= 0.6 is 0 Å². The first kappa shape index (κ1) is 21.1. The van der Waals surface area contributed by atoms with E-state index in [1.807, 2.05) is 54.6 Å². The maximum Gasteiger partial charge on any atom is 0.321 e. The highest BCUT2D eigenvalue weighted by atomic mass is 16.5. The number of hydrogen-bond acceptors (Lipinski definition) is 4. The van der Waals surface area contributed by atoms with Crippen LogP contribution in [0.2, 0.25) is 0 Å². The van der Waals surface area contributed by atoms with Crippen molar-refractivity contribution in [3.05, 3.63) is 101 Å². The van der Waals surface area contributed by atoms with Gasteiger partial charge in [0.1, 0.15) is 5.75 Å². The Balaban J connectivity index is 1.48. The van der Waals surface area contributed by atoms with Crippen LogP contribution in [-0.2, 0) is 6.42 Å². The molecule has 3 aromatic rings. The third kappa shape index (κ3) is 5.68. The van der Waals surface area contributed by atoms with Gasteiger partial charge in [-0.2, -0.15) is 0 Å². The maximum atomic E-state index is 12.3. The Kier molecular flexibility index (Phi) is 7.19. The van der Waals surface area contributed by atoms with Crippen LogP contribution in [0, 0.1) is 0 Å². The molecule has 0 radical (unpaired) electrons. The minimum absolute atomic E-state index is 0.274. The van der Waals surface area contributed by atoms with Crippen LogP contribution in [0.15, 0.2) is 78.9 Å². The summed E-state index contributed by atoms with van der Waals surface area (Å²) in [6.07, 6.45) is 0.650. The first-order valence-corrected chi connectivity index (χ1v) is 9.69. The molecule has 0 saturated carbocycles. The average molecular weight is 403 g/mol. The predicted molar refractivity (Wildman–Crippen MR) is 116 cm³/mol. The molecule has 3 amide bonds. The van der Waals surface area contributed by atoms with Gasteiger partial charge in [-0.1, -0.05) is 54.6 Å². The molecule has 0 bridgehead atoms. The van der Waals surface area contributed by atoms with E-state index in [0.29, 0.717) is 18.5 Å². The smallest absolute Gasteiger partial charge is 0.321 e. The third-order valence-corrected chi connectivity index (χ3v) is 4.78. The van der Waals surface area contributed by atoms with Crippen LogP contribution in [-0.4, -0.2) is 25.6 Å². The molecule has 6 heteroatoms. The first-order chi connectivity index (χ1) is 14.6. The minimum Gasteiger partial charge on any atom is -0.497 e. The fourth-order valence-electron chi connectivity index (χ4n) is 3.03. The second-order valence-electron chi connectivity index (χ2n) is 6.82. The predicted octanol–water partition coefficient (Wildman–Crippen LogP) is 3.43. The van der Waals surface area contributed by atoms with Crippen LogP contribution in [0.25, 0.3) is 0 Å². The molecule has 0 fully saturated rings. The van der Waals surface area contributed by atoms with Crippen molar-refractivity contribution in [1.82, 2.24) is 10.6 Å². The summed E-state index contributed by atoms with van der Waals surface area (Å²) in [7, 11) is 1.61. The second-order valence-corrected chi connectivity index (χ2v) is 6.82. The highest BCUT2D eigenvalue weighted by Gasteiger charge is 2.12. The summed E-state index contributed by atoms with van der Waals surface area (Å²) in [6.45, 7) is 0.413. The quantitative estimate of drug-likeness (QED) is 0.563. The number of rotatable bonds is 7. The molecule has 30 heavy (non-hydrogen) atoms. The van der Waals surface area contributed by atoms with Gasteiger partial charge in [0.15, 0.2) is 0 Å². The van der Waals surface area contributed by atoms with E-state index in [2.05, 4.69) is 10.6 Å². The van der Waals surface area contributed by atoms with E-state index in [1.54, 1.807) is 31.4 Å². The van der Waals surface area contributed by atoms with E-state index < -0.39 is 11.9 Å². The standard InChI is InChI=1S/C24H25N3O3/c1-30-21-13-7-17(8-14-21)15-16-26-24(29)27-23(28)20-11-9-19(10-12-20)22(25)18-5-3-2-4-6-18/h2-14,22H,15-16,25H2,1H3,(H2,26,27,28,29). The summed E-state index contributed by atoms with van der Waals surface area (Å²) in [5.41, 5.74) is 9.61. The molecule has 4 N–H and O–H groups in total. The van der Waals surface area contributed by atoms with Gasteiger partial charge in [0.2, 0.25) is 0 Å². The van der Waals surface area contributed by atoms with E-state index in [4.69, 9.17) is 10.5 Å². The molecule has 0 aromatic heterocycles. The van der Waals surface area contributed by atoms with E-state index in [9.17, 15) is 9.59 Å². The zero-order valence-electron chi connectivity index (χ0n) is 16.8. The van der Waals surface area contributed by atoms with Crippen molar-refractivity contribution in [3.8, 4) is 5.75 Å². The topological polar surface area (TPSA) is 93.5 Å². The summed E-state index contributed by atoms with van der Waals surface area (Å²) in [5, 5.41) is 5.03. The van der Waals surface area contributed by atoms with Gasteiger partial charge >= 0.3 is 6.03 Å². The molecule has 1 atom stereocenters. The van der Waals surface area contributed by atoms with Crippen molar-refractivity contribution in [3.63, 3.8) is 0 Å². The van der Waals surface area contributed by atoms with Gasteiger partial charge in [0.25, 0.3) is 5.91 Å². The van der Waals surface area contributed by atoms with Crippen molar-refractivity contribution < 1.29 is 14.3 Å². The Morgan fingerprint density at radius 2 is 1.53 bits per heavy atom. The number of nitrogens with two attached hydrogens (primary N) is 1. The van der Waals surface area contributed by atoms with E-state index in [-0.39, 0.29) is 6.04 Å². The van der Waals surface area contributed by atoms with Crippen molar-refractivity contribution in [1.29, 1.82) is 0 Å². The summed E-state index contributed by atoms with van der Waals surface area (Å²) in [4.78, 5) is 24.3. The molecular weight excluding hydrogens is 378 g/mol. The third-order valence-electron chi connectivity index (χ3n) is 4.78. The molecular formula is C24H25N3O3. The second kappa shape index (κ2) is 10.2. The maximum absolute atomic E-state index is 12.3. The molecule has 0 aliphatic heterocycles. The molecule has 3 aromatic carbocycles. The SMILES string of the molecule is COc1ccc(CCNC(=O)NC(=O)c2ccc(C(N)c3ccccc3)cc2)cc1. The van der Waals surface area contributed by atoms with E-state index >= 15 is 0 Å². The Bertz CT molecular complexity index is 971. The molecule has 1 unspecified atom stereocenters. The van der Waals surface area contributed by atoms with Crippen molar-refractivity contribution in [2.75, 3.05) is 13.7 Å². The zero-order chi connectivity index (χ0) is 21.3. The zero-order valence-corrected chi connectivity index (χ0v) is 16.8. The van der Waals surface area contributed by atoms with Gasteiger partial charge in [0, 0.05) is 12.1 Å². The Morgan fingerprint density at radius 1 is 0.900 bits per heavy atom. The lowest BCUT2D eigenvalue weighted by atomic mass is 9.98. The number of methoxy groups -OCH3 is 1. The summed E-state index contributed by atoms with van der Waals surface area (Å²) >= 11 is 0. The number of carbonyl (C=O) groups is 2. The summed E-state index contributed by atoms with van der Waals surface area (Å²) in [5.74, 6) is 0.322. The number of amides is 3. The van der Waals surface area contributed by atoms with Crippen molar-refractivity contribution in [2.24, 2.45) is 5.73 Å². The number of carbonyl (C=O) groups excluding carboxylic acids is 2. The number of nitrogens with one attached hydrogen (secondary N) is 2. The average Bonchev–Trinajstić information content (AvgIpc) is 2.79. The lowest BCUT2D eigenvalue weighted by Gasteiger charge is -2.13. The lowest BCUT2D eigenvalue weighted by Crippen LogP contribution is -2.40. The van der Waals surface area contributed by atoms with Gasteiger partial charge < -0.3 is 15.8 Å². The van der Waals surface area contributed by atoms with Crippen LogP contribution in [0.4, 0.5) is 4.79 Å². The monoisotopic (exact) mass is 403 g/mol. The highest BCUT2D eigenvalue weighted by Crippen LogP contribution is 2.19. The number of urea groups is 1. The van der Waals surface area contributed by atoms with Gasteiger partial charge in [-0.3, -0.25) is 10.1 Å². The molecule has 0 aliphatic rings. The molecule has 0 aliphatic carbocycles. The fraction of sp³-hybridized carbons (Fsp3) is 0.167. The molecule has 0 saturated heterocycles. The van der Waals surface area contributed by atoms with Gasteiger partial charge in [-0.25, -0.2) is 4.79 Å². The minimum atomic E-state index is -0.529. The van der Waals surface area contributed by atoms with Crippen molar-refractivity contribution >= 4 is 11.9 Å². The summed E-state index contributed by atoms with van der Waals surface area (Å²) in [6, 6.07) is 23.5. The van der Waals surface area contributed by atoms with Gasteiger partial charge in [-0.05, 0) is 47.4 Å². The van der Waals surface area contributed by atoms with Gasteiger partial charge in [-0.15, -0.1) is 0 Å². The van der Waals surface area contributed by atoms with Crippen LogP contribution in [0.5, 0.6) is 5.75 Å². The normalized spacial score (nSPS) is 11.4. The number of benzene rings is 3. The van der Waals surface area contributed by atoms with Crippen LogP contribution in [0.1, 0.15) is 33.1 Å². The van der Waals surface area contributed by atoms with Crippen molar-refractivity contribution in [2.45, 2.75) is 12.5 Å². The molecule has 3 rings (SSSR count). The highest BCUT2D eigenvalue weighted by molar-refractivity contribution is 6.04. The first-order valence-electron chi connectivity index (χ1n) is 9.69. The largest absolute Gasteiger partial charge is 0.497 e.